The number of rotatable bonds is 5. The Hall–Kier alpha value is -1.37. The first kappa shape index (κ1) is 19.0. The number of nitrogens with zero attached hydrogens (tertiary/aromatic N) is 2. The van der Waals surface area contributed by atoms with Crippen LogP contribution in [-0.4, -0.2) is 30.0 Å². The molecule has 1 amide bonds. The summed E-state index contributed by atoms with van der Waals surface area (Å²) in [5.41, 5.74) is 7.77. The van der Waals surface area contributed by atoms with Crippen molar-refractivity contribution in [1.82, 2.24) is 4.98 Å². The number of anilines is 2. The van der Waals surface area contributed by atoms with E-state index >= 15 is 0 Å². The Morgan fingerprint density at radius 1 is 1.42 bits per heavy atom. The summed E-state index contributed by atoms with van der Waals surface area (Å²) < 4.78 is 1.10. The van der Waals surface area contributed by atoms with E-state index in [1.54, 1.807) is 11.3 Å². The second-order valence-electron chi connectivity index (χ2n) is 6.27. The minimum absolute atomic E-state index is 0. The fraction of sp³-hybridized carbons (Fsp3) is 0.529. The van der Waals surface area contributed by atoms with Crippen LogP contribution in [0.5, 0.6) is 0 Å². The van der Waals surface area contributed by atoms with Gasteiger partial charge < -0.3 is 16.0 Å². The van der Waals surface area contributed by atoms with Crippen LogP contribution in [0.3, 0.4) is 0 Å². The van der Waals surface area contributed by atoms with Crippen LogP contribution in [0.4, 0.5) is 10.8 Å². The summed E-state index contributed by atoms with van der Waals surface area (Å²) in [6, 6.07) is 5.39. The number of benzene rings is 1. The highest BCUT2D eigenvalue weighted by Gasteiger charge is 2.20. The first-order valence-electron chi connectivity index (χ1n) is 8.30. The van der Waals surface area contributed by atoms with E-state index in [1.807, 2.05) is 32.0 Å². The summed E-state index contributed by atoms with van der Waals surface area (Å²) in [5, 5.41) is 4.01. The number of nitrogens with one attached hydrogen (secondary N) is 1. The van der Waals surface area contributed by atoms with E-state index in [0.29, 0.717) is 0 Å². The van der Waals surface area contributed by atoms with Crippen molar-refractivity contribution < 1.29 is 4.79 Å². The van der Waals surface area contributed by atoms with Crippen LogP contribution in [0.2, 0.25) is 0 Å². The maximum Gasteiger partial charge on any atom is 0.241 e. The molecule has 0 spiro atoms. The van der Waals surface area contributed by atoms with Gasteiger partial charge in [0.2, 0.25) is 5.91 Å². The second-order valence-corrected chi connectivity index (χ2v) is 7.28. The van der Waals surface area contributed by atoms with Gasteiger partial charge in [-0.15, -0.1) is 12.4 Å². The fourth-order valence-electron chi connectivity index (χ4n) is 2.77. The fourth-order valence-corrected chi connectivity index (χ4v) is 3.83. The van der Waals surface area contributed by atoms with Gasteiger partial charge in [0.05, 0.1) is 16.3 Å². The summed E-state index contributed by atoms with van der Waals surface area (Å²) in [4.78, 5) is 19.2. The van der Waals surface area contributed by atoms with E-state index in [9.17, 15) is 4.79 Å². The highest BCUT2D eigenvalue weighted by Crippen LogP contribution is 2.32. The maximum atomic E-state index is 12.2. The molecule has 3 N–H and O–H groups in total. The molecular weight excluding hydrogens is 344 g/mol. The molecule has 2 atom stereocenters. The average Bonchev–Trinajstić information content (AvgIpc) is 3.21. The molecule has 0 saturated carbocycles. The van der Waals surface area contributed by atoms with Crippen molar-refractivity contribution in [2.75, 3.05) is 23.3 Å². The zero-order valence-corrected chi connectivity index (χ0v) is 15.8. The number of carbonyl (C=O) groups excluding carboxylic acids is 1. The molecule has 0 aliphatic carbocycles. The van der Waals surface area contributed by atoms with E-state index in [2.05, 4.69) is 10.2 Å². The molecule has 132 valence electrons. The molecule has 0 bridgehead atoms. The predicted octanol–water partition coefficient (Wildman–Crippen LogP) is 3.63. The molecule has 3 rings (SSSR count). The predicted molar refractivity (Wildman–Crippen MR) is 104 cm³/mol. The van der Waals surface area contributed by atoms with Gasteiger partial charge in [-0.2, -0.15) is 0 Å². The van der Waals surface area contributed by atoms with Crippen molar-refractivity contribution in [2.45, 2.75) is 39.2 Å². The lowest BCUT2D eigenvalue weighted by Crippen LogP contribution is -2.40. The Labute approximate surface area is 153 Å². The number of hydrogen-bond donors (Lipinski definition) is 2. The van der Waals surface area contributed by atoms with E-state index in [-0.39, 0.29) is 24.2 Å². The number of thiazole rings is 1. The van der Waals surface area contributed by atoms with Crippen LogP contribution in [0.1, 0.15) is 33.1 Å². The van der Waals surface area contributed by atoms with Crippen LogP contribution in [0.15, 0.2) is 18.2 Å². The third-order valence-corrected chi connectivity index (χ3v) is 5.66. The molecule has 2 heterocycles. The van der Waals surface area contributed by atoms with Crippen molar-refractivity contribution in [3.05, 3.63) is 18.2 Å². The smallest absolute Gasteiger partial charge is 0.241 e. The van der Waals surface area contributed by atoms with E-state index in [4.69, 9.17) is 10.7 Å². The molecule has 2 unspecified atom stereocenters. The standard InChI is InChI=1S/C17H24N4OS.ClH/c1-3-11(2)15(18)16(22)19-12-6-7-13-14(10-12)23-17(20-13)21-8-4-5-9-21;/h6-7,10-11,15H,3-5,8-9,18H2,1-2H3,(H,19,22);1H. The van der Waals surface area contributed by atoms with Gasteiger partial charge in [-0.25, -0.2) is 4.98 Å². The molecule has 24 heavy (non-hydrogen) atoms. The third kappa shape index (κ3) is 3.99. The van der Waals surface area contributed by atoms with Crippen LogP contribution >= 0.6 is 23.7 Å². The topological polar surface area (TPSA) is 71.2 Å². The zero-order valence-electron chi connectivity index (χ0n) is 14.1. The van der Waals surface area contributed by atoms with Crippen molar-refractivity contribution in [2.24, 2.45) is 11.7 Å². The first-order valence-corrected chi connectivity index (χ1v) is 9.12. The first-order chi connectivity index (χ1) is 11.1. The lowest BCUT2D eigenvalue weighted by atomic mass is 9.99. The molecule has 5 nitrogen and oxygen atoms in total. The number of fused-ring (bicyclic) bond motifs is 1. The number of nitrogens with two attached hydrogens (primary N) is 1. The van der Waals surface area contributed by atoms with E-state index in [1.165, 1.54) is 12.8 Å². The number of halogens is 1. The summed E-state index contributed by atoms with van der Waals surface area (Å²) in [5.74, 6) is 0.0480. The molecule has 0 radical (unpaired) electrons. The lowest BCUT2D eigenvalue weighted by Gasteiger charge is -2.17. The molecular formula is C17H25ClN4OS. The Morgan fingerprint density at radius 3 is 2.79 bits per heavy atom. The van der Waals surface area contributed by atoms with Gasteiger partial charge in [0.15, 0.2) is 5.13 Å². The Morgan fingerprint density at radius 2 is 2.12 bits per heavy atom. The van der Waals surface area contributed by atoms with Gasteiger partial charge in [0.1, 0.15) is 0 Å². The summed E-state index contributed by atoms with van der Waals surface area (Å²) in [6.07, 6.45) is 3.37. The normalized spacial score (nSPS) is 16.7. The van der Waals surface area contributed by atoms with Gasteiger partial charge in [-0.3, -0.25) is 4.79 Å². The summed E-state index contributed by atoms with van der Waals surface area (Å²) >= 11 is 1.69. The van der Waals surface area contributed by atoms with Gasteiger partial charge in [-0.1, -0.05) is 31.6 Å². The number of aromatic nitrogens is 1. The Balaban J connectivity index is 0.00000208. The molecule has 7 heteroatoms. The number of carbonyl (C=O) groups is 1. The van der Waals surface area contributed by atoms with E-state index in [0.717, 1.165) is 40.5 Å². The number of amides is 1. The SMILES string of the molecule is CCC(C)C(N)C(=O)Nc1ccc2nc(N3CCCC3)sc2c1.Cl. The van der Waals surface area contributed by atoms with Crippen LogP contribution < -0.4 is 16.0 Å². The quantitative estimate of drug-likeness (QED) is 0.845. The maximum absolute atomic E-state index is 12.2. The molecule has 1 aliphatic rings. The molecule has 1 aliphatic heterocycles. The minimum Gasteiger partial charge on any atom is -0.348 e. The van der Waals surface area contributed by atoms with Crippen molar-refractivity contribution in [3.63, 3.8) is 0 Å². The van der Waals surface area contributed by atoms with Gasteiger partial charge in [-0.05, 0) is 37.0 Å². The van der Waals surface area contributed by atoms with E-state index < -0.39 is 6.04 Å². The average molecular weight is 369 g/mol. The molecule has 1 aromatic heterocycles. The zero-order chi connectivity index (χ0) is 16.4. The number of hydrogen-bond acceptors (Lipinski definition) is 5. The minimum atomic E-state index is -0.475. The highest BCUT2D eigenvalue weighted by molar-refractivity contribution is 7.22. The molecule has 2 aromatic rings. The van der Waals surface area contributed by atoms with Gasteiger partial charge in [0, 0.05) is 18.8 Å². The van der Waals surface area contributed by atoms with Crippen molar-refractivity contribution >= 4 is 50.7 Å². The Kier molecular flexibility index (Phi) is 6.43. The Bertz CT molecular complexity index is 699. The van der Waals surface area contributed by atoms with Crippen molar-refractivity contribution in [1.29, 1.82) is 0 Å². The second kappa shape index (κ2) is 8.14. The molecule has 1 aromatic carbocycles. The molecule has 1 saturated heterocycles. The monoisotopic (exact) mass is 368 g/mol. The van der Waals surface area contributed by atoms with Gasteiger partial charge in [0.25, 0.3) is 0 Å². The molecule has 1 fully saturated rings. The largest absolute Gasteiger partial charge is 0.348 e. The lowest BCUT2D eigenvalue weighted by molar-refractivity contribution is -0.118. The van der Waals surface area contributed by atoms with Crippen LogP contribution in [-0.2, 0) is 4.79 Å². The van der Waals surface area contributed by atoms with Crippen LogP contribution in [0.25, 0.3) is 10.2 Å². The van der Waals surface area contributed by atoms with Gasteiger partial charge >= 0.3 is 0 Å². The third-order valence-electron chi connectivity index (χ3n) is 4.58. The highest BCUT2D eigenvalue weighted by atomic mass is 35.5. The van der Waals surface area contributed by atoms with Crippen molar-refractivity contribution in [3.8, 4) is 0 Å². The van der Waals surface area contributed by atoms with Crippen LogP contribution in [0, 0.1) is 5.92 Å². The summed E-state index contributed by atoms with van der Waals surface area (Å²) in [6.45, 7) is 6.22. The summed E-state index contributed by atoms with van der Waals surface area (Å²) in [7, 11) is 0.